The Bertz CT molecular complexity index is 1050. The summed E-state index contributed by atoms with van der Waals surface area (Å²) in [5, 5.41) is 7.83. The van der Waals surface area contributed by atoms with Gasteiger partial charge in [-0.1, -0.05) is 41.9 Å². The molecule has 1 aliphatic heterocycles. The maximum atomic E-state index is 12.9. The third kappa shape index (κ3) is 5.00. The Labute approximate surface area is 182 Å². The average Bonchev–Trinajstić information content (AvgIpc) is 2.74. The fourth-order valence-corrected chi connectivity index (χ4v) is 5.02. The largest absolute Gasteiger partial charge is 0.384 e. The predicted molar refractivity (Wildman–Crippen MR) is 117 cm³/mol. The number of amides is 1. The molecule has 0 aromatic heterocycles. The summed E-state index contributed by atoms with van der Waals surface area (Å²) in [6.07, 6.45) is 0.928. The fourth-order valence-electron chi connectivity index (χ4n) is 3.32. The molecular weight excluding hydrogens is 424 g/mol. The van der Waals surface area contributed by atoms with Crippen LogP contribution in [0.4, 0.5) is 0 Å². The van der Waals surface area contributed by atoms with Gasteiger partial charge in [-0.05, 0) is 36.6 Å². The van der Waals surface area contributed by atoms with Gasteiger partial charge in [0.15, 0.2) is 0 Å². The third-order valence-electron chi connectivity index (χ3n) is 5.26. The Kier molecular flexibility index (Phi) is 6.80. The summed E-state index contributed by atoms with van der Waals surface area (Å²) in [4.78, 5) is 14.4. The molecule has 9 heteroatoms. The molecule has 0 bridgehead atoms. The molecular formula is C21H25ClN4O3S. The van der Waals surface area contributed by atoms with Gasteiger partial charge in [0.05, 0.1) is 4.90 Å². The van der Waals surface area contributed by atoms with Crippen molar-refractivity contribution in [2.45, 2.75) is 24.7 Å². The van der Waals surface area contributed by atoms with Crippen molar-refractivity contribution in [1.29, 1.82) is 5.41 Å². The van der Waals surface area contributed by atoms with Crippen molar-refractivity contribution < 1.29 is 13.2 Å². The number of nitrogens with two attached hydrogens (primary N) is 1. The van der Waals surface area contributed by atoms with E-state index in [1.54, 1.807) is 29.2 Å². The van der Waals surface area contributed by atoms with Crippen molar-refractivity contribution in [1.82, 2.24) is 9.21 Å². The van der Waals surface area contributed by atoms with Crippen LogP contribution in [-0.2, 0) is 21.2 Å². The number of nitrogen functional groups attached to an aromatic ring is 1. The predicted octanol–water partition coefficient (Wildman–Crippen LogP) is 2.40. The summed E-state index contributed by atoms with van der Waals surface area (Å²) >= 11 is 6.08. The number of nitrogens with zero attached hydrogens (tertiary/aromatic N) is 2. The van der Waals surface area contributed by atoms with Crippen LogP contribution in [0.3, 0.4) is 0 Å². The molecule has 0 radical (unpaired) electrons. The van der Waals surface area contributed by atoms with Gasteiger partial charge in [-0.2, -0.15) is 4.31 Å². The van der Waals surface area contributed by atoms with Crippen LogP contribution >= 0.6 is 11.6 Å². The van der Waals surface area contributed by atoms with Crippen LogP contribution in [0, 0.1) is 12.3 Å². The summed E-state index contributed by atoms with van der Waals surface area (Å²) in [5.41, 5.74) is 7.91. The monoisotopic (exact) mass is 448 g/mol. The number of piperazine rings is 1. The molecule has 0 atom stereocenters. The van der Waals surface area contributed by atoms with Crippen LogP contribution in [0.25, 0.3) is 0 Å². The number of hydrogen-bond acceptors (Lipinski definition) is 4. The molecule has 1 fully saturated rings. The van der Waals surface area contributed by atoms with Gasteiger partial charge in [0.1, 0.15) is 5.84 Å². The number of halogens is 1. The van der Waals surface area contributed by atoms with Gasteiger partial charge < -0.3 is 10.6 Å². The van der Waals surface area contributed by atoms with Crippen molar-refractivity contribution >= 4 is 33.4 Å². The SMILES string of the molecule is Cc1ccc(S(=O)(=O)N2CCN(C(=O)CCc3ccc(C(=N)N)cc3)CC2)cc1Cl. The van der Waals surface area contributed by atoms with E-state index in [1.807, 2.05) is 19.1 Å². The number of rotatable bonds is 6. The highest BCUT2D eigenvalue weighted by atomic mass is 35.5. The minimum Gasteiger partial charge on any atom is -0.384 e. The smallest absolute Gasteiger partial charge is 0.243 e. The Morgan fingerprint density at radius 3 is 2.30 bits per heavy atom. The maximum absolute atomic E-state index is 12.9. The number of carbonyl (C=O) groups is 1. The first-order valence-electron chi connectivity index (χ1n) is 9.66. The van der Waals surface area contributed by atoms with Crippen LogP contribution in [-0.4, -0.2) is 55.5 Å². The molecule has 1 aliphatic rings. The van der Waals surface area contributed by atoms with Crippen molar-refractivity contribution in [3.05, 3.63) is 64.2 Å². The zero-order valence-corrected chi connectivity index (χ0v) is 18.3. The van der Waals surface area contributed by atoms with E-state index < -0.39 is 10.0 Å². The number of carbonyl (C=O) groups excluding carboxylic acids is 1. The van der Waals surface area contributed by atoms with E-state index in [1.165, 1.54) is 10.4 Å². The maximum Gasteiger partial charge on any atom is 0.243 e. The molecule has 1 saturated heterocycles. The zero-order valence-electron chi connectivity index (χ0n) is 16.8. The summed E-state index contributed by atoms with van der Waals surface area (Å²) < 4.78 is 27.1. The highest BCUT2D eigenvalue weighted by Crippen LogP contribution is 2.23. The zero-order chi connectivity index (χ0) is 21.9. The molecule has 1 amide bonds. The van der Waals surface area contributed by atoms with Gasteiger partial charge in [-0.3, -0.25) is 10.2 Å². The van der Waals surface area contributed by atoms with E-state index in [0.29, 0.717) is 36.5 Å². The Morgan fingerprint density at radius 1 is 1.10 bits per heavy atom. The summed E-state index contributed by atoms with van der Waals surface area (Å²) in [5.74, 6) is 0.0134. The van der Waals surface area contributed by atoms with Crippen LogP contribution in [0.5, 0.6) is 0 Å². The molecule has 30 heavy (non-hydrogen) atoms. The quantitative estimate of drug-likeness (QED) is 0.522. The van der Waals surface area contributed by atoms with E-state index in [0.717, 1.165) is 11.1 Å². The van der Waals surface area contributed by atoms with E-state index >= 15 is 0 Å². The second-order valence-corrected chi connectivity index (χ2v) is 9.65. The van der Waals surface area contributed by atoms with Gasteiger partial charge in [0, 0.05) is 43.2 Å². The molecule has 0 unspecified atom stereocenters. The third-order valence-corrected chi connectivity index (χ3v) is 7.57. The Balaban J connectivity index is 1.54. The number of hydrogen-bond donors (Lipinski definition) is 2. The molecule has 0 spiro atoms. The van der Waals surface area contributed by atoms with Crippen molar-refractivity contribution in [2.24, 2.45) is 5.73 Å². The molecule has 160 valence electrons. The number of nitrogens with one attached hydrogen (secondary N) is 1. The van der Waals surface area contributed by atoms with E-state index in [-0.39, 0.29) is 29.7 Å². The van der Waals surface area contributed by atoms with E-state index in [2.05, 4.69) is 0 Å². The highest BCUT2D eigenvalue weighted by Gasteiger charge is 2.30. The standard InChI is InChI=1S/C21H25ClN4O3S/c1-15-2-8-18(14-19(15)22)30(28,29)26-12-10-25(11-13-26)20(27)9-5-16-3-6-17(7-4-16)21(23)24/h2-4,6-8,14H,5,9-13H2,1H3,(H3,23,24). The van der Waals surface area contributed by atoms with Crippen molar-refractivity contribution in [3.8, 4) is 0 Å². The number of sulfonamides is 1. The molecule has 2 aromatic rings. The Morgan fingerprint density at radius 2 is 1.73 bits per heavy atom. The van der Waals surface area contributed by atoms with Crippen molar-refractivity contribution in [2.75, 3.05) is 26.2 Å². The lowest BCUT2D eigenvalue weighted by molar-refractivity contribution is -0.132. The summed E-state index contributed by atoms with van der Waals surface area (Å²) in [6, 6.07) is 12.0. The average molecular weight is 449 g/mol. The van der Waals surface area contributed by atoms with Gasteiger partial charge >= 0.3 is 0 Å². The molecule has 0 saturated carbocycles. The van der Waals surface area contributed by atoms with Gasteiger partial charge in [0.25, 0.3) is 0 Å². The van der Waals surface area contributed by atoms with Gasteiger partial charge in [-0.25, -0.2) is 8.42 Å². The van der Waals surface area contributed by atoms with Crippen LogP contribution in [0.2, 0.25) is 5.02 Å². The van der Waals surface area contributed by atoms with Crippen molar-refractivity contribution in [3.63, 3.8) is 0 Å². The topological polar surface area (TPSA) is 108 Å². The van der Waals surface area contributed by atoms with Crippen LogP contribution < -0.4 is 5.73 Å². The first kappa shape index (κ1) is 22.3. The lowest BCUT2D eigenvalue weighted by Gasteiger charge is -2.34. The number of aryl methyl sites for hydroxylation is 2. The molecule has 0 aliphatic carbocycles. The number of benzene rings is 2. The van der Waals surface area contributed by atoms with E-state index in [9.17, 15) is 13.2 Å². The summed E-state index contributed by atoms with van der Waals surface area (Å²) in [7, 11) is -3.63. The second-order valence-electron chi connectivity index (χ2n) is 7.31. The first-order chi connectivity index (χ1) is 14.2. The van der Waals surface area contributed by atoms with Gasteiger partial charge in [0.2, 0.25) is 15.9 Å². The first-order valence-corrected chi connectivity index (χ1v) is 11.5. The molecule has 1 heterocycles. The van der Waals surface area contributed by atoms with Crippen LogP contribution in [0.15, 0.2) is 47.4 Å². The fraction of sp³-hybridized carbons (Fsp3) is 0.333. The highest BCUT2D eigenvalue weighted by molar-refractivity contribution is 7.89. The molecule has 2 aromatic carbocycles. The molecule has 3 N–H and O–H groups in total. The number of amidine groups is 1. The molecule has 7 nitrogen and oxygen atoms in total. The van der Waals surface area contributed by atoms with E-state index in [4.69, 9.17) is 22.7 Å². The van der Waals surface area contributed by atoms with Crippen LogP contribution in [0.1, 0.15) is 23.1 Å². The Hall–Kier alpha value is -2.42. The summed E-state index contributed by atoms with van der Waals surface area (Å²) in [6.45, 7) is 3.06. The normalized spacial score (nSPS) is 15.2. The second kappa shape index (κ2) is 9.16. The van der Waals surface area contributed by atoms with Gasteiger partial charge in [-0.15, -0.1) is 0 Å². The minimum atomic E-state index is -3.63. The lowest BCUT2D eigenvalue weighted by Crippen LogP contribution is -2.50. The lowest BCUT2D eigenvalue weighted by atomic mass is 10.1. The molecule has 3 rings (SSSR count). The minimum absolute atomic E-state index is 0.000993.